The number of carbonyl (C=O) groups excluding carboxylic acids is 1. The van der Waals surface area contributed by atoms with Crippen LogP contribution in [0.15, 0.2) is 49.1 Å². The number of halogens is 3. The van der Waals surface area contributed by atoms with Gasteiger partial charge in [-0.15, -0.1) is 0 Å². The number of nitrogens with one attached hydrogen (secondary N) is 1. The topological polar surface area (TPSA) is 79.2 Å². The van der Waals surface area contributed by atoms with Gasteiger partial charge in [-0.25, -0.2) is 14.8 Å². The Kier molecular flexibility index (Phi) is 4.80. The predicted octanol–water partition coefficient (Wildman–Crippen LogP) is 4.26. The van der Waals surface area contributed by atoms with Gasteiger partial charge < -0.3 is 14.8 Å². The number of alkyl halides is 3. The maximum Gasteiger partial charge on any atom is 0.416 e. The van der Waals surface area contributed by atoms with Crippen LogP contribution >= 0.6 is 0 Å². The van der Waals surface area contributed by atoms with Crippen LogP contribution in [0.1, 0.15) is 37.1 Å². The van der Waals surface area contributed by atoms with E-state index in [0.29, 0.717) is 29.7 Å². The normalized spacial score (nSPS) is 18.2. The van der Waals surface area contributed by atoms with Crippen molar-refractivity contribution in [2.45, 2.75) is 37.5 Å². The first-order chi connectivity index (χ1) is 15.7. The SMILES string of the molecule is CC(Nc1nccc(N2CC3(CC3)N(C)C2=O)n1)c1cn(-c2ccc(C(F)(F)F)cc2)cn1. The van der Waals surface area contributed by atoms with Gasteiger partial charge in [0.15, 0.2) is 0 Å². The smallest absolute Gasteiger partial charge is 0.346 e. The van der Waals surface area contributed by atoms with Crippen molar-refractivity contribution in [1.82, 2.24) is 24.4 Å². The molecule has 0 bridgehead atoms. The lowest BCUT2D eigenvalue weighted by atomic mass is 10.2. The molecule has 3 heterocycles. The van der Waals surface area contributed by atoms with Gasteiger partial charge in [0.05, 0.1) is 35.7 Å². The summed E-state index contributed by atoms with van der Waals surface area (Å²) in [7, 11) is 1.82. The van der Waals surface area contributed by atoms with Crippen molar-refractivity contribution in [3.63, 3.8) is 0 Å². The molecule has 2 fully saturated rings. The van der Waals surface area contributed by atoms with E-state index in [4.69, 9.17) is 0 Å². The van der Waals surface area contributed by atoms with Crippen LogP contribution in [0.2, 0.25) is 0 Å². The number of hydrogen-bond donors (Lipinski definition) is 1. The molecule has 1 aromatic carbocycles. The largest absolute Gasteiger partial charge is 0.416 e. The zero-order valence-electron chi connectivity index (χ0n) is 18.0. The highest BCUT2D eigenvalue weighted by molar-refractivity contribution is 5.94. The maximum atomic E-state index is 12.8. The average molecular weight is 457 g/mol. The van der Waals surface area contributed by atoms with E-state index in [1.165, 1.54) is 12.1 Å². The number of amides is 2. The second kappa shape index (κ2) is 7.46. The molecule has 172 valence electrons. The number of hydrogen-bond acceptors (Lipinski definition) is 5. The fourth-order valence-electron chi connectivity index (χ4n) is 4.03. The van der Waals surface area contributed by atoms with Gasteiger partial charge in [-0.1, -0.05) is 0 Å². The minimum absolute atomic E-state index is 0.0615. The van der Waals surface area contributed by atoms with E-state index >= 15 is 0 Å². The van der Waals surface area contributed by atoms with Gasteiger partial charge in [-0.2, -0.15) is 18.2 Å². The van der Waals surface area contributed by atoms with Gasteiger partial charge in [0.2, 0.25) is 5.95 Å². The zero-order valence-corrected chi connectivity index (χ0v) is 18.0. The Bertz CT molecular complexity index is 1190. The molecule has 33 heavy (non-hydrogen) atoms. The number of rotatable bonds is 5. The van der Waals surface area contributed by atoms with Crippen molar-refractivity contribution in [1.29, 1.82) is 0 Å². The standard InChI is InChI=1S/C22H22F3N7O/c1-14(17-11-31(13-27-17)16-5-3-15(4-6-16)22(23,24)25)28-19-26-10-7-18(29-19)32-12-21(8-9-21)30(2)20(32)33/h3-7,10-11,13-14H,8-9,12H2,1-2H3,(H,26,28,29). The molecule has 1 atom stereocenters. The Labute approximate surface area is 188 Å². The molecule has 1 aliphatic carbocycles. The third-order valence-corrected chi connectivity index (χ3v) is 6.31. The number of urea groups is 1. The van der Waals surface area contributed by atoms with Gasteiger partial charge in [0.1, 0.15) is 5.82 Å². The van der Waals surface area contributed by atoms with Gasteiger partial charge in [0.25, 0.3) is 0 Å². The first-order valence-corrected chi connectivity index (χ1v) is 10.5. The van der Waals surface area contributed by atoms with E-state index in [2.05, 4.69) is 20.3 Å². The van der Waals surface area contributed by atoms with Crippen molar-refractivity contribution in [3.05, 3.63) is 60.3 Å². The van der Waals surface area contributed by atoms with Crippen molar-refractivity contribution >= 4 is 17.8 Å². The number of aromatic nitrogens is 4. The molecular formula is C22H22F3N7O. The minimum atomic E-state index is -4.38. The Balaban J connectivity index is 1.29. The number of likely N-dealkylation sites (N-methyl/N-ethyl adjacent to an activating group) is 1. The monoisotopic (exact) mass is 457 g/mol. The molecule has 1 saturated heterocycles. The summed E-state index contributed by atoms with van der Waals surface area (Å²) in [5.74, 6) is 0.895. The lowest BCUT2D eigenvalue weighted by molar-refractivity contribution is -0.137. The molecule has 3 aromatic rings. The molecule has 8 nitrogen and oxygen atoms in total. The van der Waals surface area contributed by atoms with Crippen molar-refractivity contribution < 1.29 is 18.0 Å². The molecule has 1 aliphatic heterocycles. The number of nitrogens with zero attached hydrogens (tertiary/aromatic N) is 6. The Hall–Kier alpha value is -3.63. The van der Waals surface area contributed by atoms with Crippen LogP contribution in [-0.4, -0.2) is 49.6 Å². The average Bonchev–Trinajstić information content (AvgIpc) is 3.32. The fourth-order valence-corrected chi connectivity index (χ4v) is 4.03. The molecule has 2 aromatic heterocycles. The van der Waals surface area contributed by atoms with Crippen LogP contribution in [0.3, 0.4) is 0 Å². The third-order valence-electron chi connectivity index (χ3n) is 6.31. The Morgan fingerprint density at radius 2 is 1.85 bits per heavy atom. The van der Waals surface area contributed by atoms with Crippen LogP contribution < -0.4 is 10.2 Å². The summed E-state index contributed by atoms with van der Waals surface area (Å²) < 4.78 is 40.0. The highest BCUT2D eigenvalue weighted by Gasteiger charge is 2.56. The molecule has 5 rings (SSSR count). The van der Waals surface area contributed by atoms with Crippen LogP contribution in [0, 0.1) is 0 Å². The highest BCUT2D eigenvalue weighted by Crippen LogP contribution is 2.46. The first-order valence-electron chi connectivity index (χ1n) is 10.5. The van der Waals surface area contributed by atoms with Crippen molar-refractivity contribution in [3.8, 4) is 5.69 Å². The third kappa shape index (κ3) is 3.87. The Morgan fingerprint density at radius 1 is 1.12 bits per heavy atom. The molecule has 0 radical (unpaired) electrons. The van der Waals surface area contributed by atoms with Crippen LogP contribution in [0.25, 0.3) is 5.69 Å². The van der Waals surface area contributed by atoms with E-state index in [1.54, 1.807) is 39.2 Å². The molecule has 1 N–H and O–H groups in total. The van der Waals surface area contributed by atoms with E-state index in [0.717, 1.165) is 25.0 Å². The van der Waals surface area contributed by atoms with E-state index < -0.39 is 11.7 Å². The number of benzene rings is 1. The number of anilines is 2. The summed E-state index contributed by atoms with van der Waals surface area (Å²) in [5.41, 5.74) is 0.471. The number of imidazole rings is 1. The molecule has 2 amide bonds. The number of carbonyl (C=O) groups is 1. The second-order valence-electron chi connectivity index (χ2n) is 8.51. The minimum Gasteiger partial charge on any atom is -0.346 e. The summed E-state index contributed by atoms with van der Waals surface area (Å²) in [6.07, 6.45) is 2.51. The van der Waals surface area contributed by atoms with E-state index in [9.17, 15) is 18.0 Å². The van der Waals surface area contributed by atoms with Gasteiger partial charge in [0, 0.05) is 25.1 Å². The molecule has 1 saturated carbocycles. The maximum absolute atomic E-state index is 12.8. The van der Waals surface area contributed by atoms with Crippen molar-refractivity contribution in [2.75, 3.05) is 23.8 Å². The lowest BCUT2D eigenvalue weighted by Gasteiger charge is -2.17. The Morgan fingerprint density at radius 3 is 2.48 bits per heavy atom. The van der Waals surface area contributed by atoms with Crippen LogP contribution in [0.5, 0.6) is 0 Å². The van der Waals surface area contributed by atoms with E-state index in [1.807, 2.05) is 14.0 Å². The predicted molar refractivity (Wildman–Crippen MR) is 115 cm³/mol. The van der Waals surface area contributed by atoms with Gasteiger partial charge >= 0.3 is 12.2 Å². The molecular weight excluding hydrogens is 435 g/mol. The molecule has 11 heteroatoms. The summed E-state index contributed by atoms with van der Waals surface area (Å²) in [6, 6.07) is 6.24. The van der Waals surface area contributed by atoms with Crippen molar-refractivity contribution in [2.24, 2.45) is 0 Å². The summed E-state index contributed by atoms with van der Waals surface area (Å²) in [6.45, 7) is 2.50. The molecule has 1 spiro atoms. The first kappa shape index (κ1) is 21.2. The summed E-state index contributed by atoms with van der Waals surface area (Å²) >= 11 is 0. The van der Waals surface area contributed by atoms with Gasteiger partial charge in [-0.05, 0) is 50.1 Å². The van der Waals surface area contributed by atoms with Crippen LogP contribution in [-0.2, 0) is 6.18 Å². The fraction of sp³-hybridized carbons (Fsp3) is 0.364. The summed E-state index contributed by atoms with van der Waals surface area (Å²) in [5, 5.41) is 3.18. The highest BCUT2D eigenvalue weighted by atomic mass is 19.4. The molecule has 1 unspecified atom stereocenters. The zero-order chi connectivity index (χ0) is 23.4. The van der Waals surface area contributed by atoms with E-state index in [-0.39, 0.29) is 17.6 Å². The summed E-state index contributed by atoms with van der Waals surface area (Å²) in [4.78, 5) is 29.2. The van der Waals surface area contributed by atoms with Gasteiger partial charge in [-0.3, -0.25) is 4.90 Å². The lowest BCUT2D eigenvalue weighted by Crippen LogP contribution is -2.32. The second-order valence-corrected chi connectivity index (χ2v) is 8.51. The molecule has 2 aliphatic rings. The quantitative estimate of drug-likeness (QED) is 0.620. The van der Waals surface area contributed by atoms with Crippen LogP contribution in [0.4, 0.5) is 29.7 Å².